The molecule has 0 aliphatic carbocycles. The molecule has 6 heteroatoms. The maximum atomic E-state index is 12.3. The number of nitrogens with one attached hydrogen (secondary N) is 1. The number of hydrogen-bond acceptors (Lipinski definition) is 4. The molecular formula is C17H17ClN2O2S. The number of amides is 1. The minimum absolute atomic E-state index is 0.209. The summed E-state index contributed by atoms with van der Waals surface area (Å²) in [5, 5.41) is 7.48. The van der Waals surface area contributed by atoms with Gasteiger partial charge in [-0.2, -0.15) is 0 Å². The van der Waals surface area contributed by atoms with Crippen LogP contribution in [0.25, 0.3) is 11.0 Å². The number of halogens is 1. The van der Waals surface area contributed by atoms with Crippen LogP contribution in [-0.4, -0.2) is 17.4 Å². The summed E-state index contributed by atoms with van der Waals surface area (Å²) in [5.41, 5.74) is 3.42. The van der Waals surface area contributed by atoms with Crippen molar-refractivity contribution < 1.29 is 9.21 Å². The van der Waals surface area contributed by atoms with Crippen molar-refractivity contribution >= 4 is 39.8 Å². The van der Waals surface area contributed by atoms with E-state index in [2.05, 4.69) is 10.3 Å². The lowest BCUT2D eigenvalue weighted by molar-refractivity contribution is 0.0927. The number of hydrogen-bond donors (Lipinski definition) is 1. The van der Waals surface area contributed by atoms with Crippen molar-refractivity contribution in [1.82, 2.24) is 10.3 Å². The number of thiazole rings is 1. The van der Waals surface area contributed by atoms with E-state index in [0.717, 1.165) is 27.2 Å². The SMILES string of the molecule is Cc1nc(CCNC(=O)c2oc3cc(C)c(Cl)cc3c2C)cs1. The standard InChI is InChI=1S/C17H17ClN2O2S/c1-9-6-15-13(7-14(9)18)10(2)16(22-15)17(21)19-5-4-12-8-23-11(3)20-12/h6-8H,4-5H2,1-3H3,(H,19,21). The molecule has 2 aromatic heterocycles. The highest BCUT2D eigenvalue weighted by Crippen LogP contribution is 2.30. The highest BCUT2D eigenvalue weighted by molar-refractivity contribution is 7.09. The van der Waals surface area contributed by atoms with Crippen molar-refractivity contribution in [2.75, 3.05) is 6.54 Å². The molecule has 23 heavy (non-hydrogen) atoms. The van der Waals surface area contributed by atoms with Crippen LogP contribution >= 0.6 is 22.9 Å². The Labute approximate surface area is 143 Å². The molecule has 1 N–H and O–H groups in total. The van der Waals surface area contributed by atoms with Crippen molar-refractivity contribution in [2.24, 2.45) is 0 Å². The highest BCUT2D eigenvalue weighted by Gasteiger charge is 2.18. The van der Waals surface area contributed by atoms with Crippen LogP contribution in [0.3, 0.4) is 0 Å². The maximum absolute atomic E-state index is 12.3. The molecule has 0 spiro atoms. The van der Waals surface area contributed by atoms with Gasteiger partial charge in [0, 0.05) is 34.3 Å². The van der Waals surface area contributed by atoms with E-state index < -0.39 is 0 Å². The third kappa shape index (κ3) is 3.26. The Morgan fingerprint density at radius 1 is 1.35 bits per heavy atom. The normalized spacial score (nSPS) is 11.1. The van der Waals surface area contributed by atoms with E-state index >= 15 is 0 Å². The minimum Gasteiger partial charge on any atom is -0.451 e. The fourth-order valence-electron chi connectivity index (χ4n) is 2.47. The molecule has 0 saturated heterocycles. The molecule has 0 bridgehead atoms. The molecule has 120 valence electrons. The molecule has 0 unspecified atom stereocenters. The van der Waals surface area contributed by atoms with Gasteiger partial charge >= 0.3 is 0 Å². The van der Waals surface area contributed by atoms with Crippen molar-refractivity contribution in [3.63, 3.8) is 0 Å². The van der Waals surface area contributed by atoms with Gasteiger partial charge in [0.2, 0.25) is 0 Å². The van der Waals surface area contributed by atoms with Gasteiger partial charge in [0.05, 0.1) is 10.7 Å². The summed E-state index contributed by atoms with van der Waals surface area (Å²) >= 11 is 7.77. The average molecular weight is 349 g/mol. The van der Waals surface area contributed by atoms with Gasteiger partial charge in [-0.05, 0) is 38.5 Å². The second kappa shape index (κ2) is 6.34. The molecule has 3 aromatic rings. The van der Waals surface area contributed by atoms with Crippen molar-refractivity contribution in [3.05, 3.63) is 50.1 Å². The van der Waals surface area contributed by atoms with E-state index in [-0.39, 0.29) is 5.91 Å². The van der Waals surface area contributed by atoms with Crippen LogP contribution in [-0.2, 0) is 6.42 Å². The molecule has 1 aromatic carbocycles. The second-order valence-corrected chi connectivity index (χ2v) is 6.99. The predicted molar refractivity (Wildman–Crippen MR) is 93.6 cm³/mol. The van der Waals surface area contributed by atoms with Crippen LogP contribution < -0.4 is 5.32 Å². The number of rotatable bonds is 4. The van der Waals surface area contributed by atoms with Gasteiger partial charge in [-0.25, -0.2) is 4.98 Å². The molecule has 0 radical (unpaired) electrons. The van der Waals surface area contributed by atoms with Gasteiger partial charge in [-0.1, -0.05) is 11.6 Å². The Hall–Kier alpha value is -1.85. The summed E-state index contributed by atoms with van der Waals surface area (Å²) in [6, 6.07) is 3.71. The Bertz CT molecular complexity index is 882. The third-order valence-corrected chi connectivity index (χ3v) is 4.99. The molecule has 2 heterocycles. The fourth-order valence-corrected chi connectivity index (χ4v) is 3.28. The smallest absolute Gasteiger partial charge is 0.287 e. The van der Waals surface area contributed by atoms with E-state index in [4.69, 9.17) is 16.0 Å². The van der Waals surface area contributed by atoms with Gasteiger partial charge in [0.15, 0.2) is 5.76 Å². The molecule has 0 aliphatic heterocycles. The van der Waals surface area contributed by atoms with Gasteiger partial charge in [-0.3, -0.25) is 4.79 Å². The first-order valence-corrected chi connectivity index (χ1v) is 8.60. The average Bonchev–Trinajstić information content (AvgIpc) is 3.05. The first kappa shape index (κ1) is 16.0. The number of furan rings is 1. The lowest BCUT2D eigenvalue weighted by Crippen LogP contribution is -2.25. The molecule has 0 saturated carbocycles. The zero-order valence-corrected chi connectivity index (χ0v) is 14.8. The number of aromatic nitrogens is 1. The van der Waals surface area contributed by atoms with E-state index in [1.807, 2.05) is 38.3 Å². The highest BCUT2D eigenvalue weighted by atomic mass is 35.5. The van der Waals surface area contributed by atoms with E-state index in [0.29, 0.717) is 29.3 Å². The number of carbonyl (C=O) groups is 1. The fraction of sp³-hybridized carbons (Fsp3) is 0.294. The predicted octanol–water partition coefficient (Wildman–Crippen LogP) is 4.44. The summed E-state index contributed by atoms with van der Waals surface area (Å²) in [5.74, 6) is 0.135. The van der Waals surface area contributed by atoms with Crippen molar-refractivity contribution in [1.29, 1.82) is 0 Å². The summed E-state index contributed by atoms with van der Waals surface area (Å²) < 4.78 is 5.72. The summed E-state index contributed by atoms with van der Waals surface area (Å²) in [7, 11) is 0. The van der Waals surface area contributed by atoms with Crippen LogP contribution in [0.2, 0.25) is 5.02 Å². The Balaban J connectivity index is 1.74. The van der Waals surface area contributed by atoms with E-state index in [1.165, 1.54) is 0 Å². The lowest BCUT2D eigenvalue weighted by Gasteiger charge is -2.02. The molecule has 0 atom stereocenters. The van der Waals surface area contributed by atoms with E-state index in [1.54, 1.807) is 11.3 Å². The Morgan fingerprint density at radius 3 is 2.83 bits per heavy atom. The Kier molecular flexibility index (Phi) is 4.41. The van der Waals surface area contributed by atoms with Crippen LogP contribution in [0.15, 0.2) is 21.9 Å². The van der Waals surface area contributed by atoms with Crippen LogP contribution in [0.4, 0.5) is 0 Å². The first-order valence-electron chi connectivity index (χ1n) is 7.34. The number of benzene rings is 1. The van der Waals surface area contributed by atoms with Gasteiger partial charge in [0.1, 0.15) is 5.58 Å². The van der Waals surface area contributed by atoms with Gasteiger partial charge in [-0.15, -0.1) is 11.3 Å². The number of carbonyl (C=O) groups excluding carboxylic acids is 1. The van der Waals surface area contributed by atoms with Gasteiger partial charge < -0.3 is 9.73 Å². The summed E-state index contributed by atoms with van der Waals surface area (Å²) in [6.07, 6.45) is 0.709. The molecular weight excluding hydrogens is 332 g/mol. The van der Waals surface area contributed by atoms with Crippen molar-refractivity contribution in [2.45, 2.75) is 27.2 Å². The zero-order valence-electron chi connectivity index (χ0n) is 13.2. The zero-order chi connectivity index (χ0) is 16.6. The number of aryl methyl sites for hydroxylation is 3. The van der Waals surface area contributed by atoms with Crippen LogP contribution in [0, 0.1) is 20.8 Å². The largest absolute Gasteiger partial charge is 0.451 e. The summed E-state index contributed by atoms with van der Waals surface area (Å²) in [6.45, 7) is 6.28. The molecule has 0 aliphatic rings. The number of nitrogens with zero attached hydrogens (tertiary/aromatic N) is 1. The second-order valence-electron chi connectivity index (χ2n) is 5.52. The van der Waals surface area contributed by atoms with Gasteiger partial charge in [0.25, 0.3) is 5.91 Å². The van der Waals surface area contributed by atoms with E-state index in [9.17, 15) is 4.79 Å². The quantitative estimate of drug-likeness (QED) is 0.758. The summed E-state index contributed by atoms with van der Waals surface area (Å²) in [4.78, 5) is 16.7. The van der Waals surface area contributed by atoms with Crippen LogP contribution in [0.5, 0.6) is 0 Å². The monoisotopic (exact) mass is 348 g/mol. The topological polar surface area (TPSA) is 55.1 Å². The molecule has 3 rings (SSSR count). The minimum atomic E-state index is -0.209. The molecule has 0 fully saturated rings. The van der Waals surface area contributed by atoms with Crippen LogP contribution in [0.1, 0.15) is 32.4 Å². The third-order valence-electron chi connectivity index (χ3n) is 3.76. The lowest BCUT2D eigenvalue weighted by atomic mass is 10.1. The molecule has 4 nitrogen and oxygen atoms in total. The Morgan fingerprint density at radius 2 is 2.13 bits per heavy atom. The first-order chi connectivity index (χ1) is 11.0. The molecule has 1 amide bonds. The maximum Gasteiger partial charge on any atom is 0.287 e. The van der Waals surface area contributed by atoms with Crippen molar-refractivity contribution in [3.8, 4) is 0 Å². The number of fused-ring (bicyclic) bond motifs is 1.